The van der Waals surface area contributed by atoms with Gasteiger partial charge < -0.3 is 14.5 Å². The average Bonchev–Trinajstić information content (AvgIpc) is 3.19. The van der Waals surface area contributed by atoms with E-state index < -0.39 is 16.9 Å². The number of rotatable bonds is 8. The summed E-state index contributed by atoms with van der Waals surface area (Å²) in [6, 6.07) is 5.81. The first-order valence-electron chi connectivity index (χ1n) is 11.1. The van der Waals surface area contributed by atoms with E-state index >= 15 is 0 Å². The van der Waals surface area contributed by atoms with Gasteiger partial charge in [-0.05, 0) is 63.0 Å². The Morgan fingerprint density at radius 3 is 2.69 bits per heavy atom. The second kappa shape index (κ2) is 9.24. The van der Waals surface area contributed by atoms with Crippen molar-refractivity contribution >= 4 is 29.2 Å². The van der Waals surface area contributed by atoms with Crippen LogP contribution in [0.2, 0.25) is 5.28 Å². The van der Waals surface area contributed by atoms with Crippen molar-refractivity contribution in [3.05, 3.63) is 74.4 Å². The number of nitro groups is 1. The predicted octanol–water partition coefficient (Wildman–Crippen LogP) is 5.96. The fraction of sp³-hybridized carbons (Fsp3) is 0.391. The van der Waals surface area contributed by atoms with Crippen LogP contribution in [-0.4, -0.2) is 42.2 Å². The Bertz CT molecular complexity index is 1330. The molecule has 4 heterocycles. The molecule has 0 amide bonds. The molecule has 190 valence electrons. The minimum atomic E-state index is -4.53. The van der Waals surface area contributed by atoms with Crippen LogP contribution < -0.4 is 0 Å². The van der Waals surface area contributed by atoms with E-state index in [9.17, 15) is 23.3 Å². The molecule has 1 fully saturated rings. The lowest BCUT2D eigenvalue weighted by Crippen LogP contribution is -2.37. The largest absolute Gasteiger partial charge is 0.450 e. The maximum Gasteiger partial charge on any atom is 0.449 e. The molecule has 0 atom stereocenters. The highest BCUT2D eigenvalue weighted by molar-refractivity contribution is 8.04. The summed E-state index contributed by atoms with van der Waals surface area (Å²) < 4.78 is 45.1. The molecule has 0 N–H and O–H groups in total. The van der Waals surface area contributed by atoms with E-state index in [1.165, 1.54) is 16.8 Å². The number of pyridine rings is 1. The number of nitrogens with zero attached hydrogens (tertiary/aromatic N) is 5. The number of aromatic nitrogens is 3. The number of imidazole rings is 1. The quantitative estimate of drug-likeness (QED) is 0.258. The number of hydrogen-bond donors (Lipinski definition) is 0. The number of alkyl halides is 3. The molecule has 0 radical (unpaired) electrons. The number of halogens is 4. The van der Waals surface area contributed by atoms with Crippen LogP contribution in [0.5, 0.6) is 0 Å². The Balaban J connectivity index is 1.20. The molecule has 36 heavy (non-hydrogen) atoms. The highest BCUT2D eigenvalue weighted by Gasteiger charge is 2.45. The summed E-state index contributed by atoms with van der Waals surface area (Å²) in [7, 11) is 0. The Hall–Kier alpha value is -2.83. The molecule has 0 spiro atoms. The fourth-order valence-corrected chi connectivity index (χ4v) is 5.89. The molecule has 3 aromatic heterocycles. The first kappa shape index (κ1) is 24.8. The number of hydrogen-bond acceptors (Lipinski definition) is 7. The van der Waals surface area contributed by atoms with Gasteiger partial charge >= 0.3 is 17.3 Å². The van der Waals surface area contributed by atoms with Crippen molar-refractivity contribution in [2.45, 2.75) is 43.3 Å². The molecule has 1 saturated carbocycles. The molecule has 1 aliphatic carbocycles. The van der Waals surface area contributed by atoms with E-state index in [2.05, 4.69) is 21.4 Å². The first-order chi connectivity index (χ1) is 17.0. The molecular weight excluding hydrogens is 519 g/mol. The predicted molar refractivity (Wildman–Crippen MR) is 129 cm³/mol. The van der Waals surface area contributed by atoms with Gasteiger partial charge in [-0.3, -0.25) is 9.47 Å². The van der Waals surface area contributed by atoms with Crippen molar-refractivity contribution in [2.75, 3.05) is 13.1 Å². The SMILES string of the molecule is C=C(Cn1cc([N+](=O)[O-])nc1Cl)SC1(CN2CCc3nc(-c4ccc(C(F)(F)F)o4)ccc3C2)CC1. The molecular formula is C23H21ClF3N5O3S. The van der Waals surface area contributed by atoms with Crippen LogP contribution in [0, 0.1) is 10.1 Å². The molecule has 8 nitrogen and oxygen atoms in total. The Morgan fingerprint density at radius 2 is 2.06 bits per heavy atom. The molecule has 0 bridgehead atoms. The maximum atomic E-state index is 12.8. The zero-order valence-corrected chi connectivity index (χ0v) is 20.5. The Labute approximate surface area is 213 Å². The van der Waals surface area contributed by atoms with Crippen LogP contribution in [0.3, 0.4) is 0 Å². The molecule has 13 heteroatoms. The van der Waals surface area contributed by atoms with Crippen molar-refractivity contribution < 1.29 is 22.5 Å². The zero-order chi connectivity index (χ0) is 25.7. The fourth-order valence-electron chi connectivity index (χ4n) is 4.32. The summed E-state index contributed by atoms with van der Waals surface area (Å²) in [4.78, 5) is 21.8. The minimum absolute atomic E-state index is 0.0309. The van der Waals surface area contributed by atoms with Gasteiger partial charge in [-0.15, -0.1) is 11.8 Å². The normalized spacial score (nSPS) is 17.1. The number of fused-ring (bicyclic) bond motifs is 1. The van der Waals surface area contributed by atoms with Gasteiger partial charge in [-0.2, -0.15) is 13.2 Å². The molecule has 3 aromatic rings. The van der Waals surface area contributed by atoms with Gasteiger partial charge in [0.15, 0.2) is 5.76 Å². The van der Waals surface area contributed by atoms with Gasteiger partial charge in [0.25, 0.3) is 0 Å². The van der Waals surface area contributed by atoms with Gasteiger partial charge in [0.2, 0.25) is 5.76 Å². The zero-order valence-electron chi connectivity index (χ0n) is 18.9. The van der Waals surface area contributed by atoms with Crippen LogP contribution in [-0.2, 0) is 25.7 Å². The lowest BCUT2D eigenvalue weighted by molar-refractivity contribution is -0.389. The molecule has 0 unspecified atom stereocenters. The minimum Gasteiger partial charge on any atom is -0.450 e. The van der Waals surface area contributed by atoms with Crippen LogP contribution in [0.15, 0.2) is 46.4 Å². The van der Waals surface area contributed by atoms with Gasteiger partial charge in [0.1, 0.15) is 11.9 Å². The van der Waals surface area contributed by atoms with E-state index in [1.54, 1.807) is 17.8 Å². The highest BCUT2D eigenvalue weighted by Crippen LogP contribution is 2.52. The second-order valence-electron chi connectivity index (χ2n) is 9.00. The van der Waals surface area contributed by atoms with Crippen molar-refractivity contribution in [1.29, 1.82) is 0 Å². The summed E-state index contributed by atoms with van der Waals surface area (Å²) in [5.41, 5.74) is 2.30. The summed E-state index contributed by atoms with van der Waals surface area (Å²) in [5, 5.41) is 11.0. The second-order valence-corrected chi connectivity index (χ2v) is 11.0. The van der Waals surface area contributed by atoms with E-state index in [-0.39, 0.29) is 21.6 Å². The third kappa shape index (κ3) is 5.30. The first-order valence-corrected chi connectivity index (χ1v) is 12.3. The van der Waals surface area contributed by atoms with Crippen molar-refractivity contribution in [2.24, 2.45) is 0 Å². The molecule has 0 saturated heterocycles. The third-order valence-corrected chi connectivity index (χ3v) is 7.88. The summed E-state index contributed by atoms with van der Waals surface area (Å²) >= 11 is 7.70. The Kier molecular flexibility index (Phi) is 6.38. The van der Waals surface area contributed by atoms with Crippen LogP contribution in [0.25, 0.3) is 11.5 Å². The third-order valence-electron chi connectivity index (χ3n) is 6.19. The topological polar surface area (TPSA) is 90.2 Å². The van der Waals surface area contributed by atoms with E-state index in [4.69, 9.17) is 16.0 Å². The van der Waals surface area contributed by atoms with Crippen molar-refractivity contribution in [3.8, 4) is 11.5 Å². The monoisotopic (exact) mass is 539 g/mol. The van der Waals surface area contributed by atoms with Crippen LogP contribution in [0.4, 0.5) is 19.0 Å². The van der Waals surface area contributed by atoms with E-state index in [0.29, 0.717) is 25.2 Å². The lowest BCUT2D eigenvalue weighted by Gasteiger charge is -2.31. The summed E-state index contributed by atoms with van der Waals surface area (Å²) in [6.45, 7) is 6.80. The molecule has 0 aromatic carbocycles. The maximum absolute atomic E-state index is 12.8. The van der Waals surface area contributed by atoms with E-state index in [0.717, 1.165) is 48.2 Å². The number of thioether (sulfide) groups is 1. The number of furan rings is 1. The van der Waals surface area contributed by atoms with Gasteiger partial charge in [0, 0.05) is 36.5 Å². The van der Waals surface area contributed by atoms with Crippen LogP contribution >= 0.6 is 23.4 Å². The molecule has 2 aliphatic rings. The molecule has 5 rings (SSSR count). The molecule has 1 aliphatic heterocycles. The van der Waals surface area contributed by atoms with Crippen LogP contribution in [0.1, 0.15) is 29.9 Å². The van der Waals surface area contributed by atoms with Crippen molar-refractivity contribution in [1.82, 2.24) is 19.4 Å². The average molecular weight is 540 g/mol. The lowest BCUT2D eigenvalue weighted by atomic mass is 10.0. The summed E-state index contributed by atoms with van der Waals surface area (Å²) in [5.74, 6) is -1.23. The van der Waals surface area contributed by atoms with Gasteiger partial charge in [-0.25, -0.2) is 4.98 Å². The van der Waals surface area contributed by atoms with Gasteiger partial charge in [0.05, 0.1) is 6.54 Å². The smallest absolute Gasteiger partial charge is 0.449 e. The van der Waals surface area contributed by atoms with Gasteiger partial charge in [-0.1, -0.05) is 12.6 Å². The summed E-state index contributed by atoms with van der Waals surface area (Å²) in [6.07, 6.45) is -0.461. The Morgan fingerprint density at radius 1 is 1.28 bits per heavy atom. The standard InChI is InChI=1S/C23H21ClF3N5O3S/c1-14(10-31-12-20(32(33)34)29-21(31)24)36-22(7-8-22)13-30-9-6-16-15(11-30)2-3-17(28-16)18-4-5-19(35-18)23(25,26)27/h2-5,12H,1,6-11,13H2. The number of allylic oxidation sites excluding steroid dienone is 1. The highest BCUT2D eigenvalue weighted by atomic mass is 35.5. The van der Waals surface area contributed by atoms with Crippen molar-refractivity contribution in [3.63, 3.8) is 0 Å². The van der Waals surface area contributed by atoms with E-state index in [1.807, 2.05) is 6.07 Å².